The fourth-order valence-electron chi connectivity index (χ4n) is 4.06. The van der Waals surface area contributed by atoms with Crippen LogP contribution in [0.5, 0.6) is 0 Å². The number of hydrogen-bond donors (Lipinski definition) is 1. The van der Waals surface area contributed by atoms with Crippen molar-refractivity contribution in [1.82, 2.24) is 14.6 Å². The third-order valence-electron chi connectivity index (χ3n) is 5.75. The van der Waals surface area contributed by atoms with Gasteiger partial charge in [-0.2, -0.15) is 15.1 Å². The molecule has 0 spiro atoms. The molecule has 0 unspecified atom stereocenters. The van der Waals surface area contributed by atoms with Crippen LogP contribution in [0.15, 0.2) is 94.9 Å². The SMILES string of the molecule is N=C1/C(=C/c2cn(Cc3ccc(Cl)cc3)c3ccccc23)C(=O)N=C2SC(c3cccnc3)=NN12. The van der Waals surface area contributed by atoms with Crippen molar-refractivity contribution in [2.45, 2.75) is 6.54 Å². The number of fused-ring (bicyclic) bond motifs is 2. The van der Waals surface area contributed by atoms with E-state index >= 15 is 0 Å². The third kappa shape index (κ3) is 3.96. The van der Waals surface area contributed by atoms with Gasteiger partial charge < -0.3 is 4.57 Å². The summed E-state index contributed by atoms with van der Waals surface area (Å²) in [5.74, 6) is -0.452. The van der Waals surface area contributed by atoms with E-state index in [1.807, 2.05) is 66.9 Å². The van der Waals surface area contributed by atoms with Crippen molar-refractivity contribution < 1.29 is 4.79 Å². The summed E-state index contributed by atoms with van der Waals surface area (Å²) >= 11 is 7.29. The van der Waals surface area contributed by atoms with Crippen LogP contribution < -0.4 is 0 Å². The van der Waals surface area contributed by atoms with Crippen LogP contribution in [0.3, 0.4) is 0 Å². The van der Waals surface area contributed by atoms with E-state index in [1.165, 1.54) is 16.8 Å². The molecule has 2 aliphatic rings. The van der Waals surface area contributed by atoms with Gasteiger partial charge in [-0.3, -0.25) is 15.2 Å². The van der Waals surface area contributed by atoms with Crippen LogP contribution in [-0.4, -0.2) is 36.5 Å². The number of aromatic nitrogens is 2. The molecule has 35 heavy (non-hydrogen) atoms. The summed E-state index contributed by atoms with van der Waals surface area (Å²) in [5.41, 5.74) is 3.98. The molecule has 9 heteroatoms. The number of thioether (sulfide) groups is 1. The Balaban J connectivity index is 1.37. The number of carbonyl (C=O) groups excluding carboxylic acids is 1. The second-order valence-electron chi connectivity index (χ2n) is 8.02. The standard InChI is InChI=1S/C26H17ClN6OS/c27-19-9-7-16(8-10-19)14-32-15-18(20-5-1-2-6-22(20)32)12-21-23(28)33-26(30-24(21)34)35-25(31-33)17-4-3-11-29-13-17/h1-13,15,28H,14H2/b21-12-,28-23?. The summed E-state index contributed by atoms with van der Waals surface area (Å²) < 4.78 is 2.13. The molecule has 4 aromatic rings. The average Bonchev–Trinajstić information content (AvgIpc) is 3.46. The Bertz CT molecular complexity index is 1590. The van der Waals surface area contributed by atoms with E-state index < -0.39 is 5.91 Å². The lowest BCUT2D eigenvalue weighted by Crippen LogP contribution is -2.35. The van der Waals surface area contributed by atoms with Gasteiger partial charge in [-0.05, 0) is 53.7 Å². The van der Waals surface area contributed by atoms with E-state index in [0.29, 0.717) is 21.8 Å². The molecular formula is C26H17ClN6OS. The minimum Gasteiger partial charge on any atom is -0.342 e. The minimum atomic E-state index is -0.453. The molecule has 6 rings (SSSR count). The number of halogens is 1. The zero-order valence-corrected chi connectivity index (χ0v) is 19.8. The van der Waals surface area contributed by atoms with Crippen molar-refractivity contribution in [1.29, 1.82) is 5.41 Å². The Morgan fingerprint density at radius 1 is 1.06 bits per heavy atom. The van der Waals surface area contributed by atoms with Gasteiger partial charge in [-0.25, -0.2) is 0 Å². The highest BCUT2D eigenvalue weighted by Gasteiger charge is 2.36. The zero-order valence-electron chi connectivity index (χ0n) is 18.2. The Kier molecular flexibility index (Phi) is 5.32. The molecule has 1 amide bonds. The monoisotopic (exact) mass is 496 g/mol. The first kappa shape index (κ1) is 21.5. The molecule has 1 N–H and O–H groups in total. The molecule has 7 nitrogen and oxygen atoms in total. The van der Waals surface area contributed by atoms with Crippen LogP contribution in [0, 0.1) is 5.41 Å². The summed E-state index contributed by atoms with van der Waals surface area (Å²) in [4.78, 5) is 21.3. The summed E-state index contributed by atoms with van der Waals surface area (Å²) in [6.45, 7) is 0.649. The number of para-hydroxylation sites is 1. The number of carbonyl (C=O) groups is 1. The number of rotatable bonds is 4. The first-order valence-electron chi connectivity index (χ1n) is 10.8. The van der Waals surface area contributed by atoms with Crippen molar-refractivity contribution in [3.05, 3.63) is 107 Å². The lowest BCUT2D eigenvalue weighted by Gasteiger charge is -2.20. The van der Waals surface area contributed by atoms with Gasteiger partial charge in [0.05, 0.1) is 5.57 Å². The van der Waals surface area contributed by atoms with Crippen LogP contribution in [0.25, 0.3) is 17.0 Å². The van der Waals surface area contributed by atoms with E-state index in [-0.39, 0.29) is 11.4 Å². The van der Waals surface area contributed by atoms with E-state index in [1.54, 1.807) is 18.5 Å². The van der Waals surface area contributed by atoms with E-state index in [4.69, 9.17) is 17.0 Å². The smallest absolute Gasteiger partial charge is 0.283 e. The normalized spacial score (nSPS) is 16.6. The number of amides is 1. The molecule has 0 saturated carbocycles. The average molecular weight is 497 g/mol. The summed E-state index contributed by atoms with van der Waals surface area (Å²) in [6.07, 6.45) is 7.11. The highest BCUT2D eigenvalue weighted by molar-refractivity contribution is 8.27. The molecule has 4 heterocycles. The number of pyridine rings is 1. The largest absolute Gasteiger partial charge is 0.342 e. The molecule has 0 saturated heterocycles. The predicted molar refractivity (Wildman–Crippen MR) is 141 cm³/mol. The number of aliphatic imine (C=N–C) groups is 1. The maximum absolute atomic E-state index is 12.9. The van der Waals surface area contributed by atoms with Gasteiger partial charge in [0.2, 0.25) is 5.17 Å². The van der Waals surface area contributed by atoms with Crippen molar-refractivity contribution >= 4 is 62.3 Å². The Hall–Kier alpha value is -4.01. The Labute approximate surface area is 210 Å². The molecule has 2 aromatic heterocycles. The van der Waals surface area contributed by atoms with Crippen LogP contribution in [-0.2, 0) is 11.3 Å². The number of amidine groups is 2. The second kappa shape index (κ2) is 8.65. The predicted octanol–water partition coefficient (Wildman–Crippen LogP) is 5.41. The van der Waals surface area contributed by atoms with Crippen LogP contribution in [0.1, 0.15) is 16.7 Å². The topological polar surface area (TPSA) is 86.7 Å². The lowest BCUT2D eigenvalue weighted by molar-refractivity contribution is -0.114. The van der Waals surface area contributed by atoms with Gasteiger partial charge in [0.25, 0.3) is 5.91 Å². The van der Waals surface area contributed by atoms with Crippen LogP contribution in [0.2, 0.25) is 5.02 Å². The number of benzene rings is 2. The van der Waals surface area contributed by atoms with E-state index in [0.717, 1.165) is 27.6 Å². The van der Waals surface area contributed by atoms with Crippen molar-refractivity contribution in [3.8, 4) is 0 Å². The molecule has 0 radical (unpaired) electrons. The van der Waals surface area contributed by atoms with E-state index in [2.05, 4.69) is 19.6 Å². The summed E-state index contributed by atoms with van der Waals surface area (Å²) in [5, 5.41) is 17.4. The van der Waals surface area contributed by atoms with Gasteiger partial charge in [-0.1, -0.05) is 41.9 Å². The number of nitrogens with one attached hydrogen (secondary N) is 1. The summed E-state index contributed by atoms with van der Waals surface area (Å²) in [7, 11) is 0. The van der Waals surface area contributed by atoms with Crippen molar-refractivity contribution in [3.63, 3.8) is 0 Å². The quantitative estimate of drug-likeness (QED) is 0.383. The highest BCUT2D eigenvalue weighted by Crippen LogP contribution is 2.32. The zero-order chi connectivity index (χ0) is 23.9. The van der Waals surface area contributed by atoms with Gasteiger partial charge >= 0.3 is 0 Å². The second-order valence-corrected chi connectivity index (χ2v) is 9.42. The molecule has 0 aliphatic carbocycles. The molecule has 0 fully saturated rings. The first-order chi connectivity index (χ1) is 17.1. The Morgan fingerprint density at radius 2 is 1.89 bits per heavy atom. The first-order valence-corrected chi connectivity index (χ1v) is 12.0. The fourth-order valence-corrected chi connectivity index (χ4v) is 5.07. The number of hydrazone groups is 1. The lowest BCUT2D eigenvalue weighted by atomic mass is 10.1. The summed E-state index contributed by atoms with van der Waals surface area (Å²) in [6, 6.07) is 19.4. The third-order valence-corrected chi connectivity index (χ3v) is 6.96. The highest BCUT2D eigenvalue weighted by atomic mass is 35.5. The molecular weight excluding hydrogens is 480 g/mol. The maximum Gasteiger partial charge on any atom is 0.283 e. The molecule has 2 aliphatic heterocycles. The van der Waals surface area contributed by atoms with E-state index in [9.17, 15) is 4.79 Å². The van der Waals surface area contributed by atoms with Crippen LogP contribution >= 0.6 is 23.4 Å². The van der Waals surface area contributed by atoms with Gasteiger partial charge in [-0.15, -0.1) is 0 Å². The van der Waals surface area contributed by atoms with Crippen LogP contribution in [0.4, 0.5) is 0 Å². The maximum atomic E-state index is 12.9. The minimum absolute atomic E-state index is 0.000854. The molecule has 2 aromatic carbocycles. The molecule has 170 valence electrons. The van der Waals surface area contributed by atoms with Crippen molar-refractivity contribution in [2.24, 2.45) is 10.1 Å². The molecule has 0 atom stereocenters. The number of hydrogen-bond acceptors (Lipinski definition) is 5. The fraction of sp³-hybridized carbons (Fsp3) is 0.0385. The van der Waals surface area contributed by atoms with Gasteiger partial charge in [0, 0.05) is 52.2 Å². The van der Waals surface area contributed by atoms with Gasteiger partial charge in [0.15, 0.2) is 5.84 Å². The van der Waals surface area contributed by atoms with Gasteiger partial charge in [0.1, 0.15) is 5.04 Å². The van der Waals surface area contributed by atoms with Crippen molar-refractivity contribution in [2.75, 3.05) is 0 Å². The number of nitrogens with zero attached hydrogens (tertiary/aromatic N) is 5. The Morgan fingerprint density at radius 3 is 2.69 bits per heavy atom. The molecule has 0 bridgehead atoms.